The molecule has 0 radical (unpaired) electrons. The highest BCUT2D eigenvalue weighted by molar-refractivity contribution is 8.00. The number of carboxylic acid groups (broad SMARTS) is 1. The standard InChI is InChI=1S/C9H15NO2S/c10-9(7(11)12)4-5-13-8(6-9)2-1-3-8/h1-6,10H2,(H,11,12). The van der Waals surface area contributed by atoms with E-state index in [4.69, 9.17) is 10.8 Å². The van der Waals surface area contributed by atoms with Gasteiger partial charge >= 0.3 is 5.97 Å². The molecule has 13 heavy (non-hydrogen) atoms. The molecule has 1 spiro atoms. The molecule has 1 saturated heterocycles. The molecule has 1 aliphatic heterocycles. The van der Waals surface area contributed by atoms with Crippen LogP contribution in [0.5, 0.6) is 0 Å². The van der Waals surface area contributed by atoms with Crippen LogP contribution in [0.1, 0.15) is 32.1 Å². The lowest BCUT2D eigenvalue weighted by Crippen LogP contribution is -2.57. The second kappa shape index (κ2) is 2.89. The Hall–Kier alpha value is -0.220. The van der Waals surface area contributed by atoms with Gasteiger partial charge < -0.3 is 10.8 Å². The Balaban J connectivity index is 2.11. The van der Waals surface area contributed by atoms with Crippen molar-refractivity contribution in [3.05, 3.63) is 0 Å². The van der Waals surface area contributed by atoms with Gasteiger partial charge in [0.25, 0.3) is 0 Å². The van der Waals surface area contributed by atoms with E-state index in [1.165, 1.54) is 6.42 Å². The van der Waals surface area contributed by atoms with Crippen molar-refractivity contribution in [3.8, 4) is 0 Å². The molecular weight excluding hydrogens is 186 g/mol. The van der Waals surface area contributed by atoms with Crippen molar-refractivity contribution in [3.63, 3.8) is 0 Å². The van der Waals surface area contributed by atoms with Crippen LogP contribution >= 0.6 is 11.8 Å². The first kappa shape index (κ1) is 9.34. The van der Waals surface area contributed by atoms with E-state index in [0.717, 1.165) is 18.6 Å². The smallest absolute Gasteiger partial charge is 0.323 e. The number of carbonyl (C=O) groups is 1. The zero-order valence-corrected chi connectivity index (χ0v) is 8.40. The van der Waals surface area contributed by atoms with Gasteiger partial charge in [0.05, 0.1) is 0 Å². The Morgan fingerprint density at radius 2 is 2.08 bits per heavy atom. The predicted octanol–water partition coefficient (Wildman–Crippen LogP) is 1.22. The number of aliphatic carboxylic acids is 1. The molecular formula is C9H15NO2S. The maximum atomic E-state index is 11.0. The third kappa shape index (κ3) is 1.46. The third-order valence-corrected chi connectivity index (χ3v) is 4.86. The maximum absolute atomic E-state index is 11.0. The first-order valence-electron chi connectivity index (χ1n) is 4.73. The second-order valence-corrected chi connectivity index (χ2v) is 5.84. The number of carboxylic acids is 1. The van der Waals surface area contributed by atoms with Gasteiger partial charge in [-0.05, 0) is 31.4 Å². The summed E-state index contributed by atoms with van der Waals surface area (Å²) in [4.78, 5) is 11.0. The highest BCUT2D eigenvalue weighted by Crippen LogP contribution is 2.52. The highest BCUT2D eigenvalue weighted by Gasteiger charge is 2.50. The lowest BCUT2D eigenvalue weighted by molar-refractivity contribution is -0.144. The van der Waals surface area contributed by atoms with Gasteiger partial charge in [-0.25, -0.2) is 0 Å². The Kier molecular flexibility index (Phi) is 2.07. The monoisotopic (exact) mass is 201 g/mol. The molecule has 4 heteroatoms. The van der Waals surface area contributed by atoms with Crippen molar-refractivity contribution in [2.24, 2.45) is 5.73 Å². The van der Waals surface area contributed by atoms with Crippen LogP contribution in [0.3, 0.4) is 0 Å². The number of nitrogens with two attached hydrogens (primary N) is 1. The number of rotatable bonds is 1. The first-order valence-corrected chi connectivity index (χ1v) is 5.71. The van der Waals surface area contributed by atoms with Gasteiger partial charge in [-0.15, -0.1) is 0 Å². The topological polar surface area (TPSA) is 63.3 Å². The fraction of sp³-hybridized carbons (Fsp3) is 0.889. The summed E-state index contributed by atoms with van der Waals surface area (Å²) in [5, 5.41) is 9.02. The Labute approximate surface area is 82.1 Å². The molecule has 1 unspecified atom stereocenters. The number of hydrogen-bond donors (Lipinski definition) is 2. The van der Waals surface area contributed by atoms with Gasteiger partial charge in [-0.2, -0.15) is 11.8 Å². The average molecular weight is 201 g/mol. The van der Waals surface area contributed by atoms with Gasteiger partial charge in [-0.3, -0.25) is 4.79 Å². The number of hydrogen-bond acceptors (Lipinski definition) is 3. The first-order chi connectivity index (χ1) is 6.06. The van der Waals surface area contributed by atoms with Crippen LogP contribution in [-0.2, 0) is 4.79 Å². The van der Waals surface area contributed by atoms with Crippen molar-refractivity contribution in [1.29, 1.82) is 0 Å². The van der Waals surface area contributed by atoms with E-state index in [9.17, 15) is 4.79 Å². The Morgan fingerprint density at radius 1 is 1.38 bits per heavy atom. The lowest BCUT2D eigenvalue weighted by atomic mass is 9.74. The molecule has 1 aliphatic carbocycles. The zero-order valence-electron chi connectivity index (χ0n) is 7.58. The minimum Gasteiger partial charge on any atom is -0.480 e. The molecule has 2 fully saturated rings. The van der Waals surface area contributed by atoms with Crippen LogP contribution < -0.4 is 5.73 Å². The quantitative estimate of drug-likeness (QED) is 0.669. The second-order valence-electron chi connectivity index (χ2n) is 4.27. The average Bonchev–Trinajstić information content (AvgIpc) is 2.01. The van der Waals surface area contributed by atoms with Gasteiger partial charge in [0, 0.05) is 4.75 Å². The Bertz CT molecular complexity index is 240. The summed E-state index contributed by atoms with van der Waals surface area (Å²) in [5.74, 6) is 0.0853. The van der Waals surface area contributed by atoms with Crippen LogP contribution in [0.4, 0.5) is 0 Å². The molecule has 2 aliphatic rings. The van der Waals surface area contributed by atoms with E-state index in [1.54, 1.807) is 0 Å². The molecule has 0 aromatic rings. The van der Waals surface area contributed by atoms with Gasteiger partial charge in [0.2, 0.25) is 0 Å². The SMILES string of the molecule is NC1(C(=O)O)CCSC2(CCC2)C1. The predicted molar refractivity (Wildman–Crippen MR) is 52.8 cm³/mol. The summed E-state index contributed by atoms with van der Waals surface area (Å²) in [6.45, 7) is 0. The van der Waals surface area contributed by atoms with E-state index >= 15 is 0 Å². The number of thioether (sulfide) groups is 1. The normalized spacial score (nSPS) is 37.0. The largest absolute Gasteiger partial charge is 0.480 e. The summed E-state index contributed by atoms with van der Waals surface area (Å²) in [6.07, 6.45) is 4.84. The van der Waals surface area contributed by atoms with Gasteiger partial charge in [0.1, 0.15) is 5.54 Å². The minimum absolute atomic E-state index is 0.228. The molecule has 0 amide bonds. The summed E-state index contributed by atoms with van der Waals surface area (Å²) in [7, 11) is 0. The van der Waals surface area contributed by atoms with Crippen LogP contribution in [0.15, 0.2) is 0 Å². The van der Waals surface area contributed by atoms with E-state index < -0.39 is 11.5 Å². The molecule has 1 saturated carbocycles. The van der Waals surface area contributed by atoms with Crippen LogP contribution in [-0.4, -0.2) is 27.1 Å². The van der Waals surface area contributed by atoms with E-state index in [-0.39, 0.29) is 4.75 Å². The molecule has 1 heterocycles. The molecule has 2 rings (SSSR count). The summed E-state index contributed by atoms with van der Waals surface area (Å²) >= 11 is 1.93. The van der Waals surface area contributed by atoms with Crippen molar-refractivity contribution in [2.45, 2.75) is 42.4 Å². The molecule has 1 atom stereocenters. The van der Waals surface area contributed by atoms with E-state index in [0.29, 0.717) is 12.8 Å². The lowest BCUT2D eigenvalue weighted by Gasteiger charge is -2.49. The van der Waals surface area contributed by atoms with E-state index in [2.05, 4.69) is 0 Å². The summed E-state index contributed by atoms with van der Waals surface area (Å²) in [5.41, 5.74) is 4.94. The summed E-state index contributed by atoms with van der Waals surface area (Å²) < 4.78 is 0.228. The van der Waals surface area contributed by atoms with Gasteiger partial charge in [-0.1, -0.05) is 6.42 Å². The fourth-order valence-corrected chi connectivity index (χ4v) is 4.08. The Morgan fingerprint density at radius 3 is 2.54 bits per heavy atom. The molecule has 0 aromatic heterocycles. The van der Waals surface area contributed by atoms with Crippen LogP contribution in [0.2, 0.25) is 0 Å². The van der Waals surface area contributed by atoms with Crippen molar-refractivity contribution in [2.75, 3.05) is 5.75 Å². The highest BCUT2D eigenvalue weighted by atomic mass is 32.2. The van der Waals surface area contributed by atoms with Gasteiger partial charge in [0.15, 0.2) is 0 Å². The molecule has 0 aromatic carbocycles. The van der Waals surface area contributed by atoms with Crippen LogP contribution in [0, 0.1) is 0 Å². The molecule has 74 valence electrons. The molecule has 3 nitrogen and oxygen atoms in total. The minimum atomic E-state index is -0.939. The van der Waals surface area contributed by atoms with Crippen molar-refractivity contribution < 1.29 is 9.90 Å². The van der Waals surface area contributed by atoms with Crippen molar-refractivity contribution >= 4 is 17.7 Å². The van der Waals surface area contributed by atoms with Crippen LogP contribution in [0.25, 0.3) is 0 Å². The molecule has 3 N–H and O–H groups in total. The fourth-order valence-electron chi connectivity index (χ4n) is 2.24. The zero-order chi connectivity index (χ0) is 9.53. The third-order valence-electron chi connectivity index (χ3n) is 3.28. The van der Waals surface area contributed by atoms with Crippen molar-refractivity contribution in [1.82, 2.24) is 0 Å². The molecule has 0 bridgehead atoms. The summed E-state index contributed by atoms with van der Waals surface area (Å²) in [6, 6.07) is 0. The van der Waals surface area contributed by atoms with E-state index in [1.807, 2.05) is 11.8 Å². The maximum Gasteiger partial charge on any atom is 0.323 e.